The monoisotopic (exact) mass is 426 g/mol. The number of hydrogen-bond acceptors (Lipinski definition) is 6. The second-order valence-electron chi connectivity index (χ2n) is 7.15. The molecule has 0 amide bonds. The zero-order valence-electron chi connectivity index (χ0n) is 18.9. The summed E-state index contributed by atoms with van der Waals surface area (Å²) in [5.41, 5.74) is -0.355. The number of rotatable bonds is 17. The van der Waals surface area contributed by atoms with Crippen molar-refractivity contribution in [3.63, 3.8) is 0 Å². The van der Waals surface area contributed by atoms with Gasteiger partial charge in [-0.2, -0.15) is 0 Å². The average molecular weight is 427 g/mol. The smallest absolute Gasteiger partial charge is 0.343 e. The molecule has 0 aromatic heterocycles. The number of carboxylic acid groups (broad SMARTS) is 1. The van der Waals surface area contributed by atoms with E-state index in [1.165, 1.54) is 0 Å². The van der Waals surface area contributed by atoms with Crippen LogP contribution in [0.15, 0.2) is 0 Å². The Bertz CT molecular complexity index is 643. The molecule has 0 atom stereocenters. The van der Waals surface area contributed by atoms with E-state index >= 15 is 0 Å². The number of aromatic hydroxyl groups is 1. The molecule has 0 saturated heterocycles. The fraction of sp³-hybridized carbons (Fsp3) is 0.696. The highest BCUT2D eigenvalue weighted by atomic mass is 16.6. The topological polar surface area (TPSA) is 94.5 Å². The first-order valence-corrected chi connectivity index (χ1v) is 11.2. The summed E-state index contributed by atoms with van der Waals surface area (Å²) in [6.07, 6.45) is 6.73. The first-order valence-electron chi connectivity index (χ1n) is 11.2. The van der Waals surface area contributed by atoms with Crippen LogP contribution in [0.25, 0.3) is 0 Å². The van der Waals surface area contributed by atoms with Gasteiger partial charge in [0, 0.05) is 0 Å². The molecule has 1 rings (SSSR count). The number of carbonyl (C=O) groups is 1. The molecular weight excluding hydrogens is 388 g/mol. The number of carboxylic acids is 1. The summed E-state index contributed by atoms with van der Waals surface area (Å²) >= 11 is 0. The third-order valence-corrected chi connectivity index (χ3v) is 4.49. The van der Waals surface area contributed by atoms with Gasteiger partial charge in [0.15, 0.2) is 17.1 Å². The van der Waals surface area contributed by atoms with Crippen molar-refractivity contribution in [1.82, 2.24) is 0 Å². The van der Waals surface area contributed by atoms with Crippen molar-refractivity contribution < 1.29 is 34.0 Å². The maximum absolute atomic E-state index is 12.0. The predicted molar refractivity (Wildman–Crippen MR) is 117 cm³/mol. The van der Waals surface area contributed by atoms with E-state index < -0.39 is 11.7 Å². The van der Waals surface area contributed by atoms with Gasteiger partial charge in [-0.25, -0.2) is 4.79 Å². The Hall–Kier alpha value is -2.31. The fourth-order valence-corrected chi connectivity index (χ4v) is 2.65. The highest BCUT2D eigenvalue weighted by Gasteiger charge is 2.32. The third-order valence-electron chi connectivity index (χ3n) is 4.49. The highest BCUT2D eigenvalue weighted by Crippen LogP contribution is 2.53. The van der Waals surface area contributed by atoms with Crippen LogP contribution in [0.5, 0.6) is 28.7 Å². The maximum atomic E-state index is 12.0. The lowest BCUT2D eigenvalue weighted by Gasteiger charge is -2.23. The average Bonchev–Trinajstić information content (AvgIpc) is 2.72. The van der Waals surface area contributed by atoms with Gasteiger partial charge >= 0.3 is 5.97 Å². The van der Waals surface area contributed by atoms with Crippen LogP contribution in [-0.4, -0.2) is 42.6 Å². The molecule has 0 radical (unpaired) electrons. The van der Waals surface area contributed by atoms with E-state index in [-0.39, 0.29) is 28.6 Å². The van der Waals surface area contributed by atoms with Crippen LogP contribution in [0.1, 0.15) is 89.4 Å². The summed E-state index contributed by atoms with van der Waals surface area (Å²) in [5.74, 6) is -1.38. The normalized spacial score (nSPS) is 10.7. The van der Waals surface area contributed by atoms with E-state index in [1.54, 1.807) is 0 Å². The molecule has 0 aliphatic carbocycles. The zero-order valence-corrected chi connectivity index (χ0v) is 18.9. The molecule has 0 saturated carbocycles. The van der Waals surface area contributed by atoms with Crippen LogP contribution in [0.2, 0.25) is 0 Å². The standard InChI is InChI=1S/C23H38O7/c1-5-9-13-27-19-17(23(25)26)18(24)20(28-14-10-6-2)22(30-16-12-8-4)21(19)29-15-11-7-3/h24H,5-16H2,1-4H3,(H,25,26). The largest absolute Gasteiger partial charge is 0.503 e. The number of phenols is 1. The lowest BCUT2D eigenvalue weighted by atomic mass is 10.1. The second-order valence-corrected chi connectivity index (χ2v) is 7.15. The van der Waals surface area contributed by atoms with Crippen LogP contribution in [-0.2, 0) is 0 Å². The van der Waals surface area contributed by atoms with Crippen LogP contribution >= 0.6 is 0 Å². The van der Waals surface area contributed by atoms with E-state index in [4.69, 9.17) is 18.9 Å². The second kappa shape index (κ2) is 14.6. The highest BCUT2D eigenvalue weighted by molar-refractivity contribution is 5.97. The van der Waals surface area contributed by atoms with E-state index in [0.717, 1.165) is 51.4 Å². The number of benzene rings is 1. The van der Waals surface area contributed by atoms with Gasteiger partial charge in [-0.15, -0.1) is 0 Å². The van der Waals surface area contributed by atoms with Gasteiger partial charge in [0.05, 0.1) is 26.4 Å². The minimum absolute atomic E-state index is 0.00102. The predicted octanol–water partition coefficient (Wildman–Crippen LogP) is 5.81. The molecule has 0 aliphatic heterocycles. The van der Waals surface area contributed by atoms with Crippen LogP contribution < -0.4 is 18.9 Å². The van der Waals surface area contributed by atoms with Gasteiger partial charge in [-0.1, -0.05) is 53.4 Å². The Morgan fingerprint density at radius 1 is 0.633 bits per heavy atom. The van der Waals surface area contributed by atoms with E-state index in [9.17, 15) is 15.0 Å². The molecule has 2 N–H and O–H groups in total. The van der Waals surface area contributed by atoms with Gasteiger partial charge in [0.2, 0.25) is 17.2 Å². The quantitative estimate of drug-likeness (QED) is 0.304. The number of aromatic carboxylic acids is 1. The fourth-order valence-electron chi connectivity index (χ4n) is 2.65. The third kappa shape index (κ3) is 7.50. The molecule has 0 heterocycles. The summed E-state index contributed by atoms with van der Waals surface area (Å²) in [5, 5.41) is 20.6. The molecule has 30 heavy (non-hydrogen) atoms. The Morgan fingerprint density at radius 3 is 1.33 bits per heavy atom. The summed E-state index contributed by atoms with van der Waals surface area (Å²) < 4.78 is 23.5. The SMILES string of the molecule is CCCCOc1c(O)c(C(=O)O)c(OCCCC)c(OCCCC)c1OCCCC. The van der Waals surface area contributed by atoms with Crippen LogP contribution in [0.3, 0.4) is 0 Å². The van der Waals surface area contributed by atoms with Crippen LogP contribution in [0.4, 0.5) is 0 Å². The molecule has 1 aromatic carbocycles. The molecular formula is C23H38O7. The summed E-state index contributed by atoms with van der Waals surface area (Å²) in [4.78, 5) is 12.0. The number of unbranched alkanes of at least 4 members (excludes halogenated alkanes) is 4. The first kappa shape index (κ1) is 25.7. The Balaban J connectivity index is 3.56. The van der Waals surface area contributed by atoms with Crippen molar-refractivity contribution in [1.29, 1.82) is 0 Å². The number of hydrogen-bond donors (Lipinski definition) is 2. The molecule has 7 nitrogen and oxygen atoms in total. The van der Waals surface area contributed by atoms with E-state index in [1.807, 2.05) is 27.7 Å². The van der Waals surface area contributed by atoms with Gasteiger partial charge in [0.1, 0.15) is 0 Å². The van der Waals surface area contributed by atoms with Gasteiger partial charge in [0.25, 0.3) is 0 Å². The van der Waals surface area contributed by atoms with Crippen molar-refractivity contribution in [2.24, 2.45) is 0 Å². The zero-order chi connectivity index (χ0) is 22.4. The van der Waals surface area contributed by atoms with Gasteiger partial charge in [-0.3, -0.25) is 0 Å². The summed E-state index contributed by atoms with van der Waals surface area (Å²) in [6.45, 7) is 9.54. The van der Waals surface area contributed by atoms with Gasteiger partial charge in [-0.05, 0) is 25.7 Å². The molecule has 7 heteroatoms. The molecule has 0 bridgehead atoms. The van der Waals surface area contributed by atoms with Crippen molar-refractivity contribution in [3.05, 3.63) is 5.56 Å². The Labute approximate surface area is 180 Å². The van der Waals surface area contributed by atoms with Crippen molar-refractivity contribution in [3.8, 4) is 28.7 Å². The van der Waals surface area contributed by atoms with E-state index in [0.29, 0.717) is 26.4 Å². The minimum atomic E-state index is -1.31. The molecule has 0 aliphatic rings. The lowest BCUT2D eigenvalue weighted by Crippen LogP contribution is -2.12. The number of ether oxygens (including phenoxy) is 4. The van der Waals surface area contributed by atoms with Crippen molar-refractivity contribution >= 4 is 5.97 Å². The molecule has 1 aromatic rings. The molecule has 0 spiro atoms. The first-order chi connectivity index (χ1) is 14.5. The van der Waals surface area contributed by atoms with Crippen molar-refractivity contribution in [2.45, 2.75) is 79.1 Å². The summed E-state index contributed by atoms with van der Waals surface area (Å²) in [6, 6.07) is 0. The Morgan fingerprint density at radius 2 is 0.967 bits per heavy atom. The van der Waals surface area contributed by atoms with Crippen LogP contribution in [0, 0.1) is 0 Å². The van der Waals surface area contributed by atoms with E-state index in [2.05, 4.69) is 0 Å². The maximum Gasteiger partial charge on any atom is 0.343 e. The molecule has 172 valence electrons. The van der Waals surface area contributed by atoms with Gasteiger partial charge < -0.3 is 29.2 Å². The van der Waals surface area contributed by atoms with Crippen molar-refractivity contribution in [2.75, 3.05) is 26.4 Å². The molecule has 0 fully saturated rings. The Kier molecular flexibility index (Phi) is 12.6. The molecule has 0 unspecified atom stereocenters. The lowest BCUT2D eigenvalue weighted by molar-refractivity contribution is 0.0685. The summed E-state index contributed by atoms with van der Waals surface area (Å²) in [7, 11) is 0. The minimum Gasteiger partial charge on any atom is -0.503 e.